The van der Waals surface area contributed by atoms with E-state index >= 15 is 0 Å². The molecule has 0 radical (unpaired) electrons. The van der Waals surface area contributed by atoms with Crippen molar-refractivity contribution >= 4 is 61.3 Å². The molecule has 0 aliphatic heterocycles. The van der Waals surface area contributed by atoms with E-state index in [0.717, 1.165) is 0 Å². The fraction of sp³-hybridized carbons (Fsp3) is 0.714. The Labute approximate surface area is 142 Å². The predicted molar refractivity (Wildman–Crippen MR) is 107 cm³/mol. The monoisotopic (exact) mass is 504 g/mol. The summed E-state index contributed by atoms with van der Waals surface area (Å²) in [6.07, 6.45) is 5.45. The van der Waals surface area contributed by atoms with Gasteiger partial charge in [0.25, 0.3) is 0 Å². The molecule has 0 aromatic heterocycles. The molecule has 104 valence electrons. The third-order valence-electron chi connectivity index (χ3n) is 3.31. The second-order valence-electron chi connectivity index (χ2n) is 7.29. The molecule has 1 aliphatic carbocycles. The van der Waals surface area contributed by atoms with Gasteiger partial charge in [0.2, 0.25) is 0 Å². The quantitative estimate of drug-likeness (QED) is 0.290. The summed E-state index contributed by atoms with van der Waals surface area (Å²) in [6, 6.07) is 0. The van der Waals surface area contributed by atoms with Gasteiger partial charge in [0.05, 0.1) is 16.1 Å². The molecule has 0 N–H and O–H groups in total. The first-order valence-corrected chi connectivity index (χ1v) is 16.0. The molecule has 0 aromatic carbocycles. The van der Waals surface area contributed by atoms with Crippen molar-refractivity contribution < 1.29 is 0 Å². The summed E-state index contributed by atoms with van der Waals surface area (Å²) < 4.78 is 3.45. The van der Waals surface area contributed by atoms with Crippen molar-refractivity contribution in [1.82, 2.24) is 0 Å². The molecule has 1 saturated carbocycles. The average Bonchev–Trinajstić information content (AvgIpc) is 2.24. The van der Waals surface area contributed by atoms with E-state index in [1.807, 2.05) is 0 Å². The standard InChI is InChI=1S/C14H26I2Si2/c1-17(2,3)13(15)11-9-7-8-10-12(11)14(16)18(4,5)6/h7-10H2,1-6H3/b13-11+,14-12+. The molecule has 1 rings (SSSR count). The highest BCUT2D eigenvalue weighted by atomic mass is 127. The Morgan fingerprint density at radius 2 is 1.00 bits per heavy atom. The topological polar surface area (TPSA) is 0 Å². The van der Waals surface area contributed by atoms with Crippen LogP contribution < -0.4 is 0 Å². The summed E-state index contributed by atoms with van der Waals surface area (Å²) in [7, 11) is -2.30. The molecule has 0 unspecified atom stereocenters. The summed E-state index contributed by atoms with van der Waals surface area (Å²) in [5.74, 6) is 0. The van der Waals surface area contributed by atoms with Gasteiger partial charge in [-0.2, -0.15) is 0 Å². The van der Waals surface area contributed by atoms with Crippen molar-refractivity contribution in [3.05, 3.63) is 17.6 Å². The van der Waals surface area contributed by atoms with Crippen LogP contribution in [0.15, 0.2) is 17.6 Å². The number of halogens is 2. The Kier molecular flexibility index (Phi) is 6.22. The molecule has 0 spiro atoms. The second-order valence-corrected chi connectivity index (χ2v) is 21.5. The Balaban J connectivity index is 3.33. The van der Waals surface area contributed by atoms with Crippen LogP contribution in [0.4, 0.5) is 0 Å². The molecule has 0 bridgehead atoms. The van der Waals surface area contributed by atoms with Gasteiger partial charge in [0.15, 0.2) is 0 Å². The van der Waals surface area contributed by atoms with Crippen molar-refractivity contribution in [3.63, 3.8) is 0 Å². The van der Waals surface area contributed by atoms with Gasteiger partial charge >= 0.3 is 0 Å². The van der Waals surface area contributed by atoms with Crippen LogP contribution in [-0.2, 0) is 0 Å². The van der Waals surface area contributed by atoms with Crippen LogP contribution in [0.5, 0.6) is 0 Å². The molecule has 0 nitrogen and oxygen atoms in total. The lowest BCUT2D eigenvalue weighted by Gasteiger charge is -2.30. The van der Waals surface area contributed by atoms with E-state index in [4.69, 9.17) is 0 Å². The minimum Gasteiger partial charge on any atom is -0.0652 e. The lowest BCUT2D eigenvalue weighted by Crippen LogP contribution is -2.26. The molecule has 4 heteroatoms. The number of rotatable bonds is 2. The van der Waals surface area contributed by atoms with E-state index in [9.17, 15) is 0 Å². The molecule has 0 atom stereocenters. The first-order valence-electron chi connectivity index (χ1n) is 6.84. The lowest BCUT2D eigenvalue weighted by atomic mass is 9.92. The zero-order valence-electron chi connectivity index (χ0n) is 12.6. The maximum Gasteiger partial charge on any atom is 0.0858 e. The first kappa shape index (κ1) is 17.4. The van der Waals surface area contributed by atoms with Crippen LogP contribution in [0.1, 0.15) is 25.7 Å². The second kappa shape index (κ2) is 6.43. The van der Waals surface area contributed by atoms with Crippen molar-refractivity contribution in [3.8, 4) is 0 Å². The zero-order valence-corrected chi connectivity index (χ0v) is 18.9. The highest BCUT2D eigenvalue weighted by Crippen LogP contribution is 2.42. The number of allylic oxidation sites excluding steroid dienone is 2. The fourth-order valence-electron chi connectivity index (χ4n) is 2.30. The average molecular weight is 504 g/mol. The molecule has 18 heavy (non-hydrogen) atoms. The van der Waals surface area contributed by atoms with Gasteiger partial charge in [-0.1, -0.05) is 84.5 Å². The van der Waals surface area contributed by atoms with Crippen LogP contribution >= 0.6 is 45.2 Å². The van der Waals surface area contributed by atoms with Gasteiger partial charge in [-0.15, -0.1) is 0 Å². The lowest BCUT2D eigenvalue weighted by molar-refractivity contribution is 0.679. The minimum atomic E-state index is -1.15. The maximum absolute atomic E-state index is 2.66. The molecule has 1 fully saturated rings. The van der Waals surface area contributed by atoms with Crippen LogP contribution in [0.2, 0.25) is 39.3 Å². The highest BCUT2D eigenvalue weighted by Gasteiger charge is 2.28. The van der Waals surface area contributed by atoms with Crippen molar-refractivity contribution in [2.45, 2.75) is 65.0 Å². The Morgan fingerprint density at radius 1 is 0.722 bits per heavy atom. The molecule has 0 aromatic rings. The van der Waals surface area contributed by atoms with E-state index in [1.54, 1.807) is 17.6 Å². The molecular weight excluding hydrogens is 478 g/mol. The third-order valence-corrected chi connectivity index (χ3v) is 17.6. The van der Waals surface area contributed by atoms with E-state index in [-0.39, 0.29) is 0 Å². The normalized spacial score (nSPS) is 24.0. The molecule has 1 aliphatic rings. The van der Waals surface area contributed by atoms with Crippen LogP contribution in [0.3, 0.4) is 0 Å². The minimum absolute atomic E-state index is 1.15. The predicted octanol–water partition coefficient (Wildman–Crippen LogP) is 6.69. The molecule has 0 heterocycles. The Hall–Kier alpha value is 1.37. The van der Waals surface area contributed by atoms with Gasteiger partial charge in [0, 0.05) is 0 Å². The largest absolute Gasteiger partial charge is 0.0858 e. The van der Waals surface area contributed by atoms with Crippen LogP contribution in [-0.4, -0.2) is 16.1 Å². The van der Waals surface area contributed by atoms with Crippen molar-refractivity contribution in [2.24, 2.45) is 0 Å². The molecular formula is C14H26I2Si2. The smallest absolute Gasteiger partial charge is 0.0652 e. The van der Waals surface area contributed by atoms with E-state index in [2.05, 4.69) is 84.5 Å². The first-order chi connectivity index (χ1) is 8.05. The fourth-order valence-corrected chi connectivity index (χ4v) is 5.85. The van der Waals surface area contributed by atoms with Gasteiger partial charge in [-0.25, -0.2) is 0 Å². The maximum atomic E-state index is 2.66. The van der Waals surface area contributed by atoms with Gasteiger partial charge < -0.3 is 0 Å². The van der Waals surface area contributed by atoms with Gasteiger partial charge in [-0.05, 0) is 43.2 Å². The Bertz CT molecular complexity index is 344. The summed E-state index contributed by atoms with van der Waals surface area (Å²) in [6.45, 7) is 14.9. The van der Waals surface area contributed by atoms with E-state index in [0.29, 0.717) is 0 Å². The SMILES string of the molecule is C[Si](C)(C)/C(I)=C1\CCCC\C1=C(\I)[Si](C)(C)C. The summed E-state index contributed by atoms with van der Waals surface area (Å²) in [4.78, 5) is 0. The van der Waals surface area contributed by atoms with E-state index in [1.165, 1.54) is 25.7 Å². The highest BCUT2D eigenvalue weighted by molar-refractivity contribution is 14.1. The number of hydrogen-bond donors (Lipinski definition) is 0. The van der Waals surface area contributed by atoms with Gasteiger partial charge in [-0.3, -0.25) is 0 Å². The summed E-state index contributed by atoms with van der Waals surface area (Å²) >= 11 is 5.33. The summed E-state index contributed by atoms with van der Waals surface area (Å²) in [5, 5.41) is 0. The third kappa shape index (κ3) is 4.44. The zero-order chi connectivity index (χ0) is 14.1. The molecule has 0 amide bonds. The Morgan fingerprint density at radius 3 is 1.22 bits per heavy atom. The van der Waals surface area contributed by atoms with Crippen LogP contribution in [0, 0.1) is 0 Å². The van der Waals surface area contributed by atoms with Crippen molar-refractivity contribution in [2.75, 3.05) is 0 Å². The van der Waals surface area contributed by atoms with Crippen LogP contribution in [0.25, 0.3) is 0 Å². The van der Waals surface area contributed by atoms with E-state index < -0.39 is 16.1 Å². The number of hydrogen-bond acceptors (Lipinski definition) is 0. The summed E-state index contributed by atoms with van der Waals surface area (Å²) in [5.41, 5.74) is 3.49. The van der Waals surface area contributed by atoms with Gasteiger partial charge in [0.1, 0.15) is 0 Å². The molecule has 0 saturated heterocycles. The van der Waals surface area contributed by atoms with Crippen molar-refractivity contribution in [1.29, 1.82) is 0 Å².